The first-order chi connectivity index (χ1) is 60.2. The van der Waals surface area contributed by atoms with Gasteiger partial charge in [-0.2, -0.15) is 0 Å². The molecule has 20 rings (SSSR count). The summed E-state index contributed by atoms with van der Waals surface area (Å²) in [4.78, 5) is 0. The number of hydrogen-bond donors (Lipinski definition) is 0. The molecule has 0 N–H and O–H groups in total. The van der Waals surface area contributed by atoms with E-state index < -0.39 is 157 Å². The number of benzene rings is 16. The normalized spacial score (nSPS) is 15.1. The molecule has 0 aliphatic heterocycles. The van der Waals surface area contributed by atoms with Crippen LogP contribution in [0.4, 0.5) is 0 Å². The van der Waals surface area contributed by atoms with Gasteiger partial charge in [-0.05, 0) is 0 Å². The molecule has 0 atom stereocenters. The van der Waals surface area contributed by atoms with Gasteiger partial charge in [-0.1, -0.05) is 24.2 Å². The average molecular weight is 1540 g/mol. The zero-order valence-electron chi connectivity index (χ0n) is 77.3. The molecule has 4 aromatic heterocycles. The standard InChI is InChI=1S/2C30H19N2.6C6H5.2Sn/c2*1-2-10-21(11-3-1)31-29-17-9-6-14-25(29)26-20-22(18-19-30(26)31)32-27-15-7-4-12-23(27)24-13-5-8-16-28(24)32;6*1-2-4-6-5-3-1;;/h2*1-2,4-20H;6*1-5H;;/i4D,5D,6D,7D,8D,9D,12D,13D,14D,15D,16D,17D,18D,19D,20D;4D,5D,7D,8D,12D,13D,15D,16D;;;;;;;;. The molecule has 4 heterocycles. The number of fused-ring (bicyclic) bond motifs is 12. The van der Waals surface area contributed by atoms with Crippen LogP contribution in [0, 0.1) is 0 Å². The molecule has 0 saturated carbocycles. The van der Waals surface area contributed by atoms with Crippen molar-refractivity contribution in [3.63, 3.8) is 0 Å². The minimum absolute atomic E-state index is 0.0578. The Balaban J connectivity index is 0.000000165. The maximum absolute atomic E-state index is 10.0. The van der Waals surface area contributed by atoms with Crippen LogP contribution in [0.15, 0.2) is 412 Å². The van der Waals surface area contributed by atoms with Gasteiger partial charge in [-0.3, -0.25) is 0 Å². The summed E-state index contributed by atoms with van der Waals surface area (Å²) in [6, 6.07) is 81.4. The first-order valence-electron chi connectivity index (χ1n) is 44.9. The maximum atomic E-state index is 10.0. The Hall–Kier alpha value is -11.7. The van der Waals surface area contributed by atoms with E-state index in [4.69, 9.17) is 24.7 Å². The predicted octanol–water partition coefficient (Wildman–Crippen LogP) is 18.5. The third kappa shape index (κ3) is 9.94. The second kappa shape index (κ2) is 25.8. The van der Waals surface area contributed by atoms with Crippen molar-refractivity contribution in [3.8, 4) is 22.7 Å². The molecule has 0 saturated heterocycles. The van der Waals surface area contributed by atoms with Crippen molar-refractivity contribution in [1.29, 1.82) is 0 Å². The van der Waals surface area contributed by atoms with Gasteiger partial charge in [0.15, 0.2) is 0 Å². The third-order valence-electron chi connectivity index (χ3n) is 19.7. The molecule has 0 amide bonds. The van der Waals surface area contributed by atoms with Crippen LogP contribution in [0.2, 0.25) is 0 Å². The summed E-state index contributed by atoms with van der Waals surface area (Å²) >= 11 is -8.33. The summed E-state index contributed by atoms with van der Waals surface area (Å²) in [6.07, 6.45) is 0. The van der Waals surface area contributed by atoms with Gasteiger partial charge in [0, 0.05) is 0 Å². The molecular weight excluding hydrogens is 1450 g/mol. The summed E-state index contributed by atoms with van der Waals surface area (Å²) in [5.41, 5.74) is 2.62. The summed E-state index contributed by atoms with van der Waals surface area (Å²) in [7, 11) is 0. The van der Waals surface area contributed by atoms with E-state index in [1.807, 2.05) is 103 Å². The summed E-state index contributed by atoms with van der Waals surface area (Å²) in [6.45, 7) is 0. The Morgan fingerprint density at radius 3 is 0.843 bits per heavy atom. The van der Waals surface area contributed by atoms with Crippen LogP contribution in [-0.4, -0.2) is 55.0 Å². The second-order valence-electron chi connectivity index (χ2n) is 24.9. The van der Waals surface area contributed by atoms with E-state index in [0.717, 1.165) is 46.4 Å². The molecule has 4 nitrogen and oxygen atoms in total. The zero-order chi connectivity index (χ0) is 87.6. The van der Waals surface area contributed by atoms with E-state index in [2.05, 4.69) is 168 Å². The van der Waals surface area contributed by atoms with Crippen LogP contribution >= 0.6 is 0 Å². The number of rotatable bonds is 12. The van der Waals surface area contributed by atoms with E-state index >= 15 is 0 Å². The van der Waals surface area contributed by atoms with E-state index in [9.17, 15) is 6.85 Å². The van der Waals surface area contributed by atoms with Crippen molar-refractivity contribution in [2.75, 3.05) is 0 Å². The Morgan fingerprint density at radius 2 is 0.461 bits per heavy atom. The average Bonchev–Trinajstić information content (AvgIpc) is 1.56. The van der Waals surface area contributed by atoms with Crippen molar-refractivity contribution in [1.82, 2.24) is 18.3 Å². The number of aromatic nitrogens is 4. The van der Waals surface area contributed by atoms with Crippen LogP contribution in [0.1, 0.15) is 31.5 Å². The molecular formula is C96H68N4Sn2. The van der Waals surface area contributed by atoms with Gasteiger partial charge in [0.2, 0.25) is 0 Å². The van der Waals surface area contributed by atoms with Crippen LogP contribution in [-0.2, 0) is 0 Å². The monoisotopic (exact) mass is 1540 g/mol. The van der Waals surface area contributed by atoms with Crippen LogP contribution in [0.5, 0.6) is 0 Å². The molecule has 0 aliphatic rings. The van der Waals surface area contributed by atoms with Crippen molar-refractivity contribution in [2.24, 2.45) is 0 Å². The SMILES string of the molecule is [2H]c1c([2H])c([2H])c2c(c1[2H])c1c([2H])c(-n3c4c([2H])c([2H])c([2H])c([2H])c4c4c([2H])c([2H])c([2H])c([2H])c43)c([2H])c([2H])c1n2-c1ccc[c]([Sn]([c]2ccccc2)([c]2ccccc2)[c]2ccccc2)c1.[2H]c1c([2H])c([2H])c2c(c1[2H])c1c([2H])c([2H])c([2H])c([2H])c1n2-c1ccc2c(c1)c1ccccc1n2-c1ccc[c]([Sn]([c]2ccccc2)([c]2ccccc2)[c]2ccccc2)c1. The van der Waals surface area contributed by atoms with Gasteiger partial charge < -0.3 is 0 Å². The fourth-order valence-corrected chi connectivity index (χ4v) is 42.8. The van der Waals surface area contributed by atoms with E-state index in [1.54, 1.807) is 10.6 Å². The van der Waals surface area contributed by atoms with Gasteiger partial charge >= 0.3 is 597 Å². The summed E-state index contributed by atoms with van der Waals surface area (Å²) < 4.78 is 222. The van der Waals surface area contributed by atoms with Crippen LogP contribution < -0.4 is 28.6 Å². The number of hydrogen-bond acceptors (Lipinski definition) is 0. The molecule has 0 fully saturated rings. The third-order valence-corrected chi connectivity index (χ3v) is 46.9. The molecule has 0 unspecified atom stereocenters. The van der Waals surface area contributed by atoms with Gasteiger partial charge in [-0.25, -0.2) is 0 Å². The van der Waals surface area contributed by atoms with Crippen LogP contribution in [0.3, 0.4) is 0 Å². The number of para-hydroxylation sites is 6. The van der Waals surface area contributed by atoms with Gasteiger partial charge in [-0.15, -0.1) is 0 Å². The first kappa shape index (κ1) is 41.8. The molecule has 0 radical (unpaired) electrons. The van der Waals surface area contributed by atoms with Crippen molar-refractivity contribution in [3.05, 3.63) is 412 Å². The fourth-order valence-electron chi connectivity index (χ4n) is 15.5. The summed E-state index contributed by atoms with van der Waals surface area (Å²) in [5.74, 6) is 0. The molecule has 6 heteroatoms. The Bertz CT molecular complexity index is 7600. The van der Waals surface area contributed by atoms with Gasteiger partial charge in [0.05, 0.1) is 16.4 Å². The Morgan fingerprint density at radius 1 is 0.176 bits per heavy atom. The van der Waals surface area contributed by atoms with E-state index in [-0.39, 0.29) is 89.6 Å². The van der Waals surface area contributed by atoms with Crippen LogP contribution in [0.25, 0.3) is 110 Å². The summed E-state index contributed by atoms with van der Waals surface area (Å²) in [5, 5.41) is 1.09. The van der Waals surface area contributed by atoms with E-state index in [1.165, 1.54) is 18.9 Å². The molecule has 0 aliphatic carbocycles. The zero-order valence-corrected chi connectivity index (χ0v) is 60.0. The Labute approximate surface area is 633 Å². The first-order valence-corrected chi connectivity index (χ1v) is 44.8. The topological polar surface area (TPSA) is 19.7 Å². The molecule has 480 valence electrons. The number of nitrogens with zero attached hydrogens (tertiary/aromatic N) is 4. The quantitative estimate of drug-likeness (QED) is 0.109. The fraction of sp³-hybridized carbons (Fsp3) is 0. The molecule has 0 bridgehead atoms. The van der Waals surface area contributed by atoms with Gasteiger partial charge in [0.1, 0.15) is 0 Å². The second-order valence-corrected chi connectivity index (χ2v) is 46.7. The molecule has 16 aromatic carbocycles. The molecule has 102 heavy (non-hydrogen) atoms. The Kier molecular flexibility index (Phi) is 10.6. The van der Waals surface area contributed by atoms with Crippen molar-refractivity contribution >= 4 is 153 Å². The van der Waals surface area contributed by atoms with Crippen molar-refractivity contribution in [2.45, 2.75) is 0 Å². The molecule has 20 aromatic rings. The minimum atomic E-state index is -4.35. The predicted molar refractivity (Wildman–Crippen MR) is 437 cm³/mol. The van der Waals surface area contributed by atoms with Gasteiger partial charge in [0.25, 0.3) is 0 Å². The van der Waals surface area contributed by atoms with E-state index in [0.29, 0.717) is 11.4 Å². The molecule has 0 spiro atoms. The van der Waals surface area contributed by atoms with Crippen molar-refractivity contribution < 1.29 is 31.5 Å².